The summed E-state index contributed by atoms with van der Waals surface area (Å²) in [5.41, 5.74) is 1.52. The Hall–Kier alpha value is -2.84. The van der Waals surface area contributed by atoms with Crippen molar-refractivity contribution in [1.82, 2.24) is 0 Å². The van der Waals surface area contributed by atoms with Crippen LogP contribution < -0.4 is 4.90 Å². The summed E-state index contributed by atoms with van der Waals surface area (Å²) in [6.07, 6.45) is 0. The summed E-state index contributed by atoms with van der Waals surface area (Å²) in [6.45, 7) is -0.326. The second-order valence-electron chi connectivity index (χ2n) is 5.06. The fourth-order valence-corrected chi connectivity index (χ4v) is 2.31. The van der Waals surface area contributed by atoms with Gasteiger partial charge in [0.25, 0.3) is 5.69 Å². The third kappa shape index (κ3) is 5.91. The number of benzene rings is 2. The van der Waals surface area contributed by atoms with Crippen LogP contribution in [-0.4, -0.2) is 28.5 Å². The van der Waals surface area contributed by atoms with Gasteiger partial charge >= 0.3 is 0 Å². The van der Waals surface area contributed by atoms with Gasteiger partial charge < -0.3 is 4.90 Å². The number of hydrogen-bond acceptors (Lipinski definition) is 7. The van der Waals surface area contributed by atoms with Crippen LogP contribution in [0.2, 0.25) is 0 Å². The molecule has 0 aliphatic rings. The molecule has 0 aromatic heterocycles. The van der Waals surface area contributed by atoms with Gasteiger partial charge in [-0.2, -0.15) is 10.2 Å². The molecule has 2 aromatic carbocycles. The lowest BCUT2D eigenvalue weighted by Crippen LogP contribution is -2.31. The molecule has 0 fully saturated rings. The van der Waals surface area contributed by atoms with Gasteiger partial charge in [0.15, 0.2) is 0 Å². The summed E-state index contributed by atoms with van der Waals surface area (Å²) in [7, 11) is 0. The lowest BCUT2D eigenvalue weighted by Gasteiger charge is -2.20. The Balaban J connectivity index is 2.11. The number of carbonyl (C=O) groups excluding carboxylic acids is 2. The molecule has 134 valence electrons. The van der Waals surface area contributed by atoms with Crippen molar-refractivity contribution in [1.29, 1.82) is 0 Å². The van der Waals surface area contributed by atoms with Gasteiger partial charge in [0, 0.05) is 17.8 Å². The van der Waals surface area contributed by atoms with Crippen LogP contribution >= 0.6 is 23.2 Å². The number of rotatable bonds is 8. The Morgan fingerprint density at radius 2 is 1.31 bits per heavy atom. The Labute approximate surface area is 158 Å². The van der Waals surface area contributed by atoms with Crippen molar-refractivity contribution in [3.8, 4) is 0 Å². The first-order valence-corrected chi connectivity index (χ1v) is 7.98. The van der Waals surface area contributed by atoms with Gasteiger partial charge in [0.05, 0.1) is 29.4 Å². The van der Waals surface area contributed by atoms with E-state index in [4.69, 9.17) is 23.2 Å². The van der Waals surface area contributed by atoms with Crippen LogP contribution in [0.5, 0.6) is 0 Å². The normalized spacial score (nSPS) is 10.7. The van der Waals surface area contributed by atoms with E-state index >= 15 is 0 Å². The lowest BCUT2D eigenvalue weighted by atomic mass is 10.2. The fraction of sp³-hybridized carbons (Fsp3) is 0.125. The third-order valence-corrected chi connectivity index (χ3v) is 3.43. The van der Waals surface area contributed by atoms with E-state index in [1.165, 1.54) is 29.2 Å². The molecular formula is C16H12Cl2N4O4. The van der Waals surface area contributed by atoms with Crippen LogP contribution in [-0.2, 0) is 9.59 Å². The predicted octanol–water partition coefficient (Wildman–Crippen LogP) is 4.35. The van der Waals surface area contributed by atoms with E-state index < -0.39 is 15.4 Å². The molecule has 8 nitrogen and oxygen atoms in total. The topological polar surface area (TPSA) is 105 Å². The van der Waals surface area contributed by atoms with Crippen LogP contribution in [0.15, 0.2) is 58.8 Å². The Morgan fingerprint density at radius 1 is 0.885 bits per heavy atom. The van der Waals surface area contributed by atoms with Gasteiger partial charge in [-0.15, -0.1) is 0 Å². The first-order chi connectivity index (χ1) is 12.3. The van der Waals surface area contributed by atoms with Crippen LogP contribution in [0, 0.1) is 10.1 Å². The van der Waals surface area contributed by atoms with Crippen molar-refractivity contribution in [2.45, 2.75) is 0 Å². The quantitative estimate of drug-likeness (QED) is 0.286. The van der Waals surface area contributed by atoms with E-state index in [1.807, 2.05) is 0 Å². The molecule has 0 radical (unpaired) electrons. The van der Waals surface area contributed by atoms with Crippen LogP contribution in [0.25, 0.3) is 0 Å². The van der Waals surface area contributed by atoms with Gasteiger partial charge in [-0.25, -0.2) is 0 Å². The highest BCUT2D eigenvalue weighted by atomic mass is 35.5. The largest absolute Gasteiger partial charge is 0.354 e. The summed E-state index contributed by atoms with van der Waals surface area (Å²) < 4.78 is 0. The molecule has 26 heavy (non-hydrogen) atoms. The number of nitro benzene ring substituents is 1. The maximum atomic E-state index is 11.1. The van der Waals surface area contributed by atoms with Gasteiger partial charge in [-0.1, -0.05) is 0 Å². The maximum Gasteiger partial charge on any atom is 0.269 e. The second kappa shape index (κ2) is 9.02. The van der Waals surface area contributed by atoms with Crippen LogP contribution in [0.4, 0.5) is 22.7 Å². The second-order valence-corrected chi connectivity index (χ2v) is 5.90. The van der Waals surface area contributed by atoms with Crippen molar-refractivity contribution >= 4 is 56.4 Å². The highest BCUT2D eigenvalue weighted by Crippen LogP contribution is 2.23. The Kier molecular flexibility index (Phi) is 6.76. The zero-order valence-electron chi connectivity index (χ0n) is 13.2. The van der Waals surface area contributed by atoms with E-state index in [0.29, 0.717) is 17.1 Å². The minimum Gasteiger partial charge on any atom is -0.354 e. The Bertz CT molecular complexity index is 822. The van der Waals surface area contributed by atoms with E-state index in [1.54, 1.807) is 24.3 Å². The summed E-state index contributed by atoms with van der Waals surface area (Å²) in [5, 5.41) is 17.4. The number of anilines is 1. The average molecular weight is 395 g/mol. The predicted molar refractivity (Wildman–Crippen MR) is 97.6 cm³/mol. The van der Waals surface area contributed by atoms with Gasteiger partial charge in [-0.05, 0) is 59.6 Å². The van der Waals surface area contributed by atoms with Crippen molar-refractivity contribution in [2.75, 3.05) is 18.0 Å². The fourth-order valence-electron chi connectivity index (χ4n) is 2.03. The van der Waals surface area contributed by atoms with Gasteiger partial charge in [0.2, 0.25) is 10.5 Å². The molecule has 2 rings (SSSR count). The molecule has 0 aliphatic carbocycles. The lowest BCUT2D eigenvalue weighted by molar-refractivity contribution is -0.384. The van der Waals surface area contributed by atoms with E-state index in [2.05, 4.69) is 10.2 Å². The monoisotopic (exact) mass is 394 g/mol. The summed E-state index contributed by atoms with van der Waals surface area (Å²) in [6, 6.07) is 12.2. The number of nitrogens with zero attached hydrogens (tertiary/aromatic N) is 4. The molecule has 0 spiro atoms. The summed E-state index contributed by atoms with van der Waals surface area (Å²) in [4.78, 5) is 33.7. The summed E-state index contributed by atoms with van der Waals surface area (Å²) >= 11 is 10.7. The SMILES string of the molecule is O=C(Cl)CN(CC(=O)Cl)c1ccc(N=Nc2ccc([N+](=O)[O-])cc2)cc1. The minimum atomic E-state index is -0.621. The number of hydrogen-bond donors (Lipinski definition) is 0. The third-order valence-electron chi connectivity index (χ3n) is 3.19. The smallest absolute Gasteiger partial charge is 0.269 e. The minimum absolute atomic E-state index is 0.0314. The van der Waals surface area contributed by atoms with Gasteiger partial charge in [-0.3, -0.25) is 19.7 Å². The summed E-state index contributed by atoms with van der Waals surface area (Å²) in [5.74, 6) is 0. The van der Waals surface area contributed by atoms with Crippen molar-refractivity contribution in [3.05, 3.63) is 58.6 Å². The number of halogens is 2. The molecule has 0 aliphatic heterocycles. The highest BCUT2D eigenvalue weighted by molar-refractivity contribution is 6.65. The average Bonchev–Trinajstić information content (AvgIpc) is 2.59. The first-order valence-electron chi connectivity index (χ1n) is 7.23. The van der Waals surface area contributed by atoms with Crippen molar-refractivity contribution < 1.29 is 14.5 Å². The molecule has 2 aromatic rings. The zero-order chi connectivity index (χ0) is 19.1. The van der Waals surface area contributed by atoms with E-state index in [0.717, 1.165) is 0 Å². The molecule has 0 saturated heterocycles. The number of azo groups is 1. The molecule has 0 saturated carbocycles. The van der Waals surface area contributed by atoms with E-state index in [9.17, 15) is 19.7 Å². The zero-order valence-corrected chi connectivity index (χ0v) is 14.7. The van der Waals surface area contributed by atoms with Crippen LogP contribution in [0.3, 0.4) is 0 Å². The van der Waals surface area contributed by atoms with Gasteiger partial charge in [0.1, 0.15) is 0 Å². The first kappa shape index (κ1) is 19.5. The number of carbonyl (C=O) groups is 2. The molecule has 0 unspecified atom stereocenters. The molecule has 0 bridgehead atoms. The molecular weight excluding hydrogens is 383 g/mol. The van der Waals surface area contributed by atoms with Crippen molar-refractivity contribution in [3.63, 3.8) is 0 Å². The molecule has 0 amide bonds. The maximum absolute atomic E-state index is 11.1. The Morgan fingerprint density at radius 3 is 1.69 bits per heavy atom. The number of nitro groups is 1. The van der Waals surface area contributed by atoms with E-state index in [-0.39, 0.29) is 18.8 Å². The highest BCUT2D eigenvalue weighted by Gasteiger charge is 2.13. The molecule has 0 N–H and O–H groups in total. The number of non-ortho nitro benzene ring substituents is 1. The standard InChI is InChI=1S/C16H12Cl2N4O4/c17-15(23)9-21(10-16(18)24)13-5-1-11(2-6-13)19-20-12-3-7-14(8-4-12)22(25)26/h1-8H,9-10H2. The molecule has 0 atom stereocenters. The van der Waals surface area contributed by atoms with Crippen molar-refractivity contribution in [2.24, 2.45) is 10.2 Å². The molecule has 10 heteroatoms. The molecule has 0 heterocycles. The van der Waals surface area contributed by atoms with Crippen LogP contribution in [0.1, 0.15) is 0 Å².